The molecule has 0 fully saturated rings. The van der Waals surface area contributed by atoms with E-state index in [1.54, 1.807) is 0 Å². The Bertz CT molecular complexity index is 464. The average Bonchev–Trinajstić information content (AvgIpc) is 2.75. The fraction of sp³-hybridized carbons (Fsp3) is 0.300. The molecule has 2 heterocycles. The van der Waals surface area contributed by atoms with Crippen molar-refractivity contribution in [3.8, 4) is 10.6 Å². The summed E-state index contributed by atoms with van der Waals surface area (Å²) in [7, 11) is 1.93. The minimum absolute atomic E-state index is 0.121. The number of halogens is 1. The number of hydrogen-bond donors (Lipinski definition) is 1. The molecule has 0 bridgehead atoms. The van der Waals surface area contributed by atoms with Crippen LogP contribution in [0.15, 0.2) is 18.3 Å². The molecule has 0 atom stereocenters. The highest BCUT2D eigenvalue weighted by Gasteiger charge is 2.08. The maximum absolute atomic E-state index is 8.86. The van der Waals surface area contributed by atoms with E-state index in [-0.39, 0.29) is 6.61 Å². The van der Waals surface area contributed by atoms with Crippen LogP contribution in [0.4, 0.5) is 0 Å². The highest BCUT2D eigenvalue weighted by Crippen LogP contribution is 2.30. The van der Waals surface area contributed by atoms with Gasteiger partial charge in [-0.2, -0.15) is 0 Å². The van der Waals surface area contributed by atoms with Gasteiger partial charge in [0.15, 0.2) is 0 Å². The molecule has 80 valence electrons. The summed E-state index contributed by atoms with van der Waals surface area (Å²) in [6.45, 7) is 0.121. The van der Waals surface area contributed by atoms with E-state index in [9.17, 15) is 0 Å². The van der Waals surface area contributed by atoms with E-state index in [1.807, 2.05) is 29.9 Å². The molecule has 0 saturated carbocycles. The van der Waals surface area contributed by atoms with Gasteiger partial charge in [0.1, 0.15) is 5.82 Å². The highest BCUT2D eigenvalue weighted by atomic mass is 35.5. The topological polar surface area (TPSA) is 38.0 Å². The Balaban J connectivity index is 2.33. The molecule has 15 heavy (non-hydrogen) atoms. The Morgan fingerprint density at radius 1 is 1.53 bits per heavy atom. The normalized spacial score (nSPS) is 10.9. The summed E-state index contributed by atoms with van der Waals surface area (Å²) in [4.78, 5) is 5.49. The molecule has 2 aromatic rings. The molecule has 0 aliphatic heterocycles. The Morgan fingerprint density at radius 2 is 2.33 bits per heavy atom. The number of aliphatic hydroxyl groups is 1. The largest absolute Gasteiger partial charge is 0.396 e. The van der Waals surface area contributed by atoms with Crippen LogP contribution in [0.1, 0.15) is 5.82 Å². The van der Waals surface area contributed by atoms with Gasteiger partial charge in [0, 0.05) is 19.7 Å². The third-order valence-corrected chi connectivity index (χ3v) is 3.39. The monoisotopic (exact) mass is 242 g/mol. The number of aliphatic hydroxyl groups excluding tert-OH is 1. The van der Waals surface area contributed by atoms with Crippen molar-refractivity contribution in [2.24, 2.45) is 7.05 Å². The van der Waals surface area contributed by atoms with Crippen molar-refractivity contribution >= 4 is 22.9 Å². The molecule has 0 saturated heterocycles. The van der Waals surface area contributed by atoms with Crippen LogP contribution in [0.2, 0.25) is 4.34 Å². The van der Waals surface area contributed by atoms with Crippen molar-refractivity contribution < 1.29 is 5.11 Å². The Kier molecular flexibility index (Phi) is 3.09. The van der Waals surface area contributed by atoms with Crippen LogP contribution in [0.3, 0.4) is 0 Å². The first kappa shape index (κ1) is 10.7. The summed E-state index contributed by atoms with van der Waals surface area (Å²) in [5.74, 6) is 0.886. The Hall–Kier alpha value is -0.840. The van der Waals surface area contributed by atoms with Crippen molar-refractivity contribution in [3.63, 3.8) is 0 Å². The van der Waals surface area contributed by atoms with Gasteiger partial charge in [-0.25, -0.2) is 4.98 Å². The van der Waals surface area contributed by atoms with E-state index in [1.165, 1.54) is 11.3 Å². The fourth-order valence-corrected chi connectivity index (χ4v) is 2.41. The Morgan fingerprint density at radius 3 is 2.93 bits per heavy atom. The van der Waals surface area contributed by atoms with Gasteiger partial charge >= 0.3 is 0 Å². The summed E-state index contributed by atoms with van der Waals surface area (Å²) in [6.07, 6.45) is 2.53. The number of nitrogens with zero attached hydrogens (tertiary/aromatic N) is 2. The molecule has 2 aromatic heterocycles. The van der Waals surface area contributed by atoms with Crippen LogP contribution in [0, 0.1) is 0 Å². The molecular formula is C10H11ClN2OS. The van der Waals surface area contributed by atoms with E-state index in [2.05, 4.69) is 4.98 Å². The number of aryl methyl sites for hydroxylation is 1. The predicted molar refractivity (Wildman–Crippen MR) is 62.3 cm³/mol. The summed E-state index contributed by atoms with van der Waals surface area (Å²) in [6, 6.07) is 3.82. The summed E-state index contributed by atoms with van der Waals surface area (Å²) < 4.78 is 2.69. The van der Waals surface area contributed by atoms with E-state index >= 15 is 0 Å². The van der Waals surface area contributed by atoms with Gasteiger partial charge in [0.25, 0.3) is 0 Å². The van der Waals surface area contributed by atoms with Crippen LogP contribution >= 0.6 is 22.9 Å². The van der Waals surface area contributed by atoms with Gasteiger partial charge in [0.05, 0.1) is 21.5 Å². The summed E-state index contributed by atoms with van der Waals surface area (Å²) >= 11 is 7.37. The van der Waals surface area contributed by atoms with Gasteiger partial charge in [0.2, 0.25) is 0 Å². The lowest BCUT2D eigenvalue weighted by Crippen LogP contribution is -1.99. The third kappa shape index (κ3) is 2.22. The molecule has 5 heteroatoms. The second kappa shape index (κ2) is 4.35. The van der Waals surface area contributed by atoms with Crippen LogP contribution in [0.25, 0.3) is 10.6 Å². The molecule has 0 spiro atoms. The molecule has 3 nitrogen and oxygen atoms in total. The lowest BCUT2D eigenvalue weighted by Gasteiger charge is -1.95. The molecule has 0 unspecified atom stereocenters. The zero-order chi connectivity index (χ0) is 10.8. The van der Waals surface area contributed by atoms with Gasteiger partial charge in [-0.15, -0.1) is 11.3 Å². The zero-order valence-corrected chi connectivity index (χ0v) is 9.85. The zero-order valence-electron chi connectivity index (χ0n) is 8.27. The number of rotatable bonds is 3. The standard InChI is InChI=1S/C10H11ClN2OS/c1-13-6-7(12-10(13)4-5-14)8-2-3-9(11)15-8/h2-3,6,14H,4-5H2,1H3. The lowest BCUT2D eigenvalue weighted by atomic mass is 10.4. The van der Waals surface area contributed by atoms with Crippen molar-refractivity contribution in [1.29, 1.82) is 0 Å². The number of aromatic nitrogens is 2. The van der Waals surface area contributed by atoms with E-state index in [4.69, 9.17) is 16.7 Å². The first-order valence-electron chi connectivity index (χ1n) is 4.59. The van der Waals surface area contributed by atoms with Gasteiger partial charge in [-0.1, -0.05) is 11.6 Å². The maximum atomic E-state index is 8.86. The van der Waals surface area contributed by atoms with Gasteiger partial charge < -0.3 is 9.67 Å². The second-order valence-corrected chi connectivity index (χ2v) is 4.95. The third-order valence-electron chi connectivity index (χ3n) is 2.13. The number of thiophene rings is 1. The van der Waals surface area contributed by atoms with E-state index in [0.29, 0.717) is 6.42 Å². The molecule has 0 amide bonds. The molecule has 0 radical (unpaired) electrons. The van der Waals surface area contributed by atoms with Crippen molar-refractivity contribution in [3.05, 3.63) is 28.5 Å². The number of hydrogen-bond acceptors (Lipinski definition) is 3. The van der Waals surface area contributed by atoms with Crippen LogP contribution in [-0.2, 0) is 13.5 Å². The molecular weight excluding hydrogens is 232 g/mol. The molecule has 0 aliphatic carbocycles. The lowest BCUT2D eigenvalue weighted by molar-refractivity contribution is 0.295. The Labute approximate surface area is 97.0 Å². The SMILES string of the molecule is Cn1cc(-c2ccc(Cl)s2)nc1CCO. The fourth-order valence-electron chi connectivity index (χ4n) is 1.41. The van der Waals surface area contributed by atoms with Crippen molar-refractivity contribution in [1.82, 2.24) is 9.55 Å². The maximum Gasteiger partial charge on any atom is 0.111 e. The first-order chi connectivity index (χ1) is 7.20. The van der Waals surface area contributed by atoms with Crippen LogP contribution < -0.4 is 0 Å². The molecule has 0 aliphatic rings. The van der Waals surface area contributed by atoms with Gasteiger partial charge in [-0.05, 0) is 12.1 Å². The quantitative estimate of drug-likeness (QED) is 0.897. The summed E-state index contributed by atoms with van der Waals surface area (Å²) in [5, 5.41) is 8.86. The number of imidazole rings is 1. The van der Waals surface area contributed by atoms with Crippen molar-refractivity contribution in [2.45, 2.75) is 6.42 Å². The molecule has 0 aromatic carbocycles. The first-order valence-corrected chi connectivity index (χ1v) is 5.79. The second-order valence-electron chi connectivity index (χ2n) is 3.23. The smallest absolute Gasteiger partial charge is 0.111 e. The van der Waals surface area contributed by atoms with Crippen LogP contribution in [-0.4, -0.2) is 21.3 Å². The predicted octanol–water partition coefficient (Wildman–Crippen LogP) is 2.34. The van der Waals surface area contributed by atoms with E-state index in [0.717, 1.165) is 20.7 Å². The van der Waals surface area contributed by atoms with E-state index < -0.39 is 0 Å². The van der Waals surface area contributed by atoms with Crippen molar-refractivity contribution in [2.75, 3.05) is 6.61 Å². The molecule has 1 N–H and O–H groups in total. The average molecular weight is 243 g/mol. The summed E-state index contributed by atoms with van der Waals surface area (Å²) in [5.41, 5.74) is 0.915. The van der Waals surface area contributed by atoms with Gasteiger partial charge in [-0.3, -0.25) is 0 Å². The minimum Gasteiger partial charge on any atom is -0.396 e. The molecule has 2 rings (SSSR count). The van der Waals surface area contributed by atoms with Crippen LogP contribution in [0.5, 0.6) is 0 Å². The minimum atomic E-state index is 0.121. The highest BCUT2D eigenvalue weighted by molar-refractivity contribution is 7.19.